The molecule has 0 aliphatic carbocycles. The predicted molar refractivity (Wildman–Crippen MR) is 45.6 cm³/mol. The van der Waals surface area contributed by atoms with Crippen molar-refractivity contribution in [1.82, 2.24) is 16.0 Å². The van der Waals surface area contributed by atoms with E-state index in [4.69, 9.17) is 0 Å². The number of carbonyl (C=O) groups excluding carboxylic acids is 2. The first-order chi connectivity index (χ1) is 5.70. The molecular weight excluding hydrogens is 158 g/mol. The molecule has 0 heterocycles. The van der Waals surface area contributed by atoms with Gasteiger partial charge in [-0.05, 0) is 6.92 Å². The zero-order valence-electron chi connectivity index (χ0n) is 7.44. The maximum atomic E-state index is 10.8. The number of carbonyl (C=O) groups is 2. The largest absolute Gasteiger partial charge is 0.358 e. The van der Waals surface area contributed by atoms with E-state index in [9.17, 15) is 9.59 Å². The molecule has 12 heavy (non-hydrogen) atoms. The van der Waals surface area contributed by atoms with Gasteiger partial charge in [0.25, 0.3) is 0 Å². The SMILES string of the molecule is CCNC(=O)CNCC(=O)NC. The Balaban J connectivity index is 3.30. The van der Waals surface area contributed by atoms with E-state index in [0.717, 1.165) is 0 Å². The maximum Gasteiger partial charge on any atom is 0.233 e. The summed E-state index contributed by atoms with van der Waals surface area (Å²) in [5.74, 6) is -0.222. The van der Waals surface area contributed by atoms with Gasteiger partial charge in [0.05, 0.1) is 13.1 Å². The minimum Gasteiger partial charge on any atom is -0.358 e. The van der Waals surface area contributed by atoms with Crippen LogP contribution < -0.4 is 16.0 Å². The Hall–Kier alpha value is -1.10. The zero-order chi connectivity index (χ0) is 9.40. The average Bonchev–Trinajstić information content (AvgIpc) is 2.04. The molecule has 0 unspecified atom stereocenters. The molecule has 0 bridgehead atoms. The van der Waals surface area contributed by atoms with Gasteiger partial charge < -0.3 is 10.6 Å². The highest BCUT2D eigenvalue weighted by Crippen LogP contribution is 1.64. The van der Waals surface area contributed by atoms with E-state index < -0.39 is 0 Å². The highest BCUT2D eigenvalue weighted by molar-refractivity contribution is 5.80. The number of hydrogen-bond acceptors (Lipinski definition) is 3. The Morgan fingerprint density at radius 1 is 1.17 bits per heavy atom. The lowest BCUT2D eigenvalue weighted by Crippen LogP contribution is -2.38. The molecule has 0 aliphatic rings. The van der Waals surface area contributed by atoms with Crippen LogP contribution in [0.5, 0.6) is 0 Å². The lowest BCUT2D eigenvalue weighted by molar-refractivity contribution is -0.121. The van der Waals surface area contributed by atoms with Gasteiger partial charge in [-0.15, -0.1) is 0 Å². The van der Waals surface area contributed by atoms with E-state index in [1.54, 1.807) is 7.05 Å². The first kappa shape index (κ1) is 10.9. The van der Waals surface area contributed by atoms with Crippen molar-refractivity contribution < 1.29 is 9.59 Å². The number of hydrogen-bond donors (Lipinski definition) is 3. The fraction of sp³-hybridized carbons (Fsp3) is 0.714. The van der Waals surface area contributed by atoms with Gasteiger partial charge in [-0.25, -0.2) is 0 Å². The molecule has 0 spiro atoms. The van der Waals surface area contributed by atoms with Gasteiger partial charge in [0.1, 0.15) is 0 Å². The number of rotatable bonds is 5. The topological polar surface area (TPSA) is 70.2 Å². The van der Waals surface area contributed by atoms with Crippen LogP contribution >= 0.6 is 0 Å². The van der Waals surface area contributed by atoms with Crippen LogP contribution in [0.2, 0.25) is 0 Å². The number of nitrogens with one attached hydrogen (secondary N) is 3. The lowest BCUT2D eigenvalue weighted by atomic mass is 10.5. The Morgan fingerprint density at radius 3 is 2.25 bits per heavy atom. The Kier molecular flexibility index (Phi) is 6.00. The molecule has 0 aromatic heterocycles. The summed E-state index contributed by atoms with van der Waals surface area (Å²) in [6, 6.07) is 0. The minimum absolute atomic E-state index is 0.0959. The monoisotopic (exact) mass is 173 g/mol. The van der Waals surface area contributed by atoms with Crippen molar-refractivity contribution in [1.29, 1.82) is 0 Å². The molecule has 0 rings (SSSR count). The average molecular weight is 173 g/mol. The minimum atomic E-state index is -0.126. The fourth-order valence-electron chi connectivity index (χ4n) is 0.638. The third kappa shape index (κ3) is 5.67. The molecule has 5 heteroatoms. The molecule has 0 radical (unpaired) electrons. The van der Waals surface area contributed by atoms with Crippen LogP contribution in [0, 0.1) is 0 Å². The first-order valence-corrected chi connectivity index (χ1v) is 3.88. The van der Waals surface area contributed by atoms with Crippen LogP contribution in [0.15, 0.2) is 0 Å². The Labute approximate surface area is 71.9 Å². The van der Waals surface area contributed by atoms with Gasteiger partial charge in [0, 0.05) is 13.6 Å². The summed E-state index contributed by atoms with van der Waals surface area (Å²) in [5.41, 5.74) is 0. The number of amides is 2. The van der Waals surface area contributed by atoms with Crippen LogP contribution in [-0.2, 0) is 9.59 Å². The molecular formula is C7H15N3O2. The third-order valence-electron chi connectivity index (χ3n) is 1.22. The molecule has 0 aliphatic heterocycles. The highest BCUT2D eigenvalue weighted by atomic mass is 16.2. The standard InChI is InChI=1S/C7H15N3O2/c1-3-10-7(12)5-9-4-6(11)8-2/h9H,3-5H2,1-2H3,(H,8,11)(H,10,12). The molecule has 2 amide bonds. The zero-order valence-corrected chi connectivity index (χ0v) is 7.44. The van der Waals surface area contributed by atoms with Crippen molar-refractivity contribution >= 4 is 11.8 Å². The van der Waals surface area contributed by atoms with Crippen molar-refractivity contribution in [2.24, 2.45) is 0 Å². The Morgan fingerprint density at radius 2 is 1.75 bits per heavy atom. The number of likely N-dealkylation sites (N-methyl/N-ethyl adjacent to an activating group) is 2. The van der Waals surface area contributed by atoms with Crippen LogP contribution in [-0.4, -0.2) is 38.5 Å². The normalized spacial score (nSPS) is 9.17. The van der Waals surface area contributed by atoms with Gasteiger partial charge in [-0.2, -0.15) is 0 Å². The molecule has 0 aromatic carbocycles. The summed E-state index contributed by atoms with van der Waals surface area (Å²) in [7, 11) is 1.55. The second-order valence-corrected chi connectivity index (χ2v) is 2.23. The van der Waals surface area contributed by atoms with Crippen molar-refractivity contribution in [2.45, 2.75) is 6.92 Å². The van der Waals surface area contributed by atoms with Gasteiger partial charge in [-0.1, -0.05) is 0 Å². The first-order valence-electron chi connectivity index (χ1n) is 3.88. The van der Waals surface area contributed by atoms with Crippen LogP contribution in [0.4, 0.5) is 0 Å². The molecule has 5 nitrogen and oxygen atoms in total. The highest BCUT2D eigenvalue weighted by Gasteiger charge is 2.00. The lowest BCUT2D eigenvalue weighted by Gasteiger charge is -2.03. The molecule has 70 valence electrons. The van der Waals surface area contributed by atoms with E-state index in [1.807, 2.05) is 6.92 Å². The predicted octanol–water partition coefficient (Wildman–Crippen LogP) is -1.54. The van der Waals surface area contributed by atoms with Crippen LogP contribution in [0.3, 0.4) is 0 Å². The van der Waals surface area contributed by atoms with E-state index in [-0.39, 0.29) is 24.9 Å². The van der Waals surface area contributed by atoms with Crippen molar-refractivity contribution in [2.75, 3.05) is 26.7 Å². The smallest absolute Gasteiger partial charge is 0.233 e. The summed E-state index contributed by atoms with van der Waals surface area (Å²) in [6.45, 7) is 2.81. The van der Waals surface area contributed by atoms with Crippen LogP contribution in [0.1, 0.15) is 6.92 Å². The molecule has 0 atom stereocenters. The van der Waals surface area contributed by atoms with Gasteiger partial charge >= 0.3 is 0 Å². The van der Waals surface area contributed by atoms with Crippen molar-refractivity contribution in [3.8, 4) is 0 Å². The van der Waals surface area contributed by atoms with Crippen molar-refractivity contribution in [3.05, 3.63) is 0 Å². The van der Waals surface area contributed by atoms with E-state index in [1.165, 1.54) is 0 Å². The fourth-order valence-corrected chi connectivity index (χ4v) is 0.638. The second kappa shape index (κ2) is 6.60. The maximum absolute atomic E-state index is 10.8. The van der Waals surface area contributed by atoms with Crippen LogP contribution in [0.25, 0.3) is 0 Å². The third-order valence-corrected chi connectivity index (χ3v) is 1.22. The van der Waals surface area contributed by atoms with Crippen molar-refractivity contribution in [3.63, 3.8) is 0 Å². The Bertz CT molecular complexity index is 159. The second-order valence-electron chi connectivity index (χ2n) is 2.23. The molecule has 3 N–H and O–H groups in total. The molecule has 0 saturated carbocycles. The summed E-state index contributed by atoms with van der Waals surface area (Å²) in [4.78, 5) is 21.5. The van der Waals surface area contributed by atoms with E-state index >= 15 is 0 Å². The summed E-state index contributed by atoms with van der Waals surface area (Å²) < 4.78 is 0. The van der Waals surface area contributed by atoms with E-state index in [2.05, 4.69) is 16.0 Å². The molecule has 0 aromatic rings. The summed E-state index contributed by atoms with van der Waals surface area (Å²) >= 11 is 0. The van der Waals surface area contributed by atoms with Gasteiger partial charge in [-0.3, -0.25) is 14.9 Å². The quantitative estimate of drug-likeness (QED) is 0.472. The molecule has 0 fully saturated rings. The summed E-state index contributed by atoms with van der Waals surface area (Å²) in [5, 5.41) is 7.74. The summed E-state index contributed by atoms with van der Waals surface area (Å²) in [6.07, 6.45) is 0. The van der Waals surface area contributed by atoms with Gasteiger partial charge in [0.2, 0.25) is 11.8 Å². The van der Waals surface area contributed by atoms with Gasteiger partial charge in [0.15, 0.2) is 0 Å². The van der Waals surface area contributed by atoms with E-state index in [0.29, 0.717) is 6.54 Å². The molecule has 0 saturated heterocycles.